The van der Waals surface area contributed by atoms with E-state index >= 15 is 0 Å². The van der Waals surface area contributed by atoms with Crippen molar-refractivity contribution in [2.24, 2.45) is 0 Å². The minimum atomic E-state index is -3.46. The van der Waals surface area contributed by atoms with Crippen LogP contribution < -0.4 is 9.47 Å². The molecule has 6 heteroatoms. The normalized spacial score (nSPS) is 23.2. The molecule has 94 valence electrons. The summed E-state index contributed by atoms with van der Waals surface area (Å²) in [4.78, 5) is 0. The van der Waals surface area contributed by atoms with Gasteiger partial charge in [0.1, 0.15) is 0 Å². The zero-order chi connectivity index (χ0) is 12.6. The molecule has 1 aliphatic carbocycles. The minimum absolute atomic E-state index is 0.0303. The molecule has 0 bridgehead atoms. The van der Waals surface area contributed by atoms with Crippen molar-refractivity contribution in [3.05, 3.63) is 23.8 Å². The van der Waals surface area contributed by atoms with Gasteiger partial charge >= 0.3 is 0 Å². The molecule has 0 amide bonds. The Balaban J connectivity index is 2.25. The first-order valence-corrected chi connectivity index (χ1v) is 7.50. The Labute approximate surface area is 105 Å². The lowest BCUT2D eigenvalue weighted by atomic mass is 10.1. The number of hydrogen-bond donors (Lipinski definition) is 0. The van der Waals surface area contributed by atoms with E-state index < -0.39 is 14.3 Å². The van der Waals surface area contributed by atoms with E-state index in [2.05, 4.69) is 0 Å². The molecule has 1 fully saturated rings. The first-order chi connectivity index (χ1) is 7.97. The Hall–Kier alpha value is -0.940. The Bertz CT molecular complexity index is 526. The van der Waals surface area contributed by atoms with Crippen molar-refractivity contribution >= 4 is 19.7 Å². The SMILES string of the molecule is COc1ccc(C2CC2S(=O)(=O)Cl)cc1OC. The van der Waals surface area contributed by atoms with E-state index in [-0.39, 0.29) is 5.92 Å². The minimum Gasteiger partial charge on any atom is -0.493 e. The third-order valence-corrected chi connectivity index (χ3v) is 4.86. The molecule has 2 unspecified atom stereocenters. The van der Waals surface area contributed by atoms with Gasteiger partial charge in [-0.3, -0.25) is 0 Å². The molecule has 2 rings (SSSR count). The van der Waals surface area contributed by atoms with Crippen LogP contribution in [-0.4, -0.2) is 27.9 Å². The van der Waals surface area contributed by atoms with Crippen LogP contribution in [0.1, 0.15) is 17.9 Å². The highest BCUT2D eigenvalue weighted by Crippen LogP contribution is 2.48. The summed E-state index contributed by atoms with van der Waals surface area (Å²) in [6.07, 6.45) is 0.571. The summed E-state index contributed by atoms with van der Waals surface area (Å²) in [6, 6.07) is 5.41. The Morgan fingerprint density at radius 1 is 1.24 bits per heavy atom. The number of halogens is 1. The summed E-state index contributed by atoms with van der Waals surface area (Å²) in [5.41, 5.74) is 0.914. The lowest BCUT2D eigenvalue weighted by Crippen LogP contribution is -2.00. The van der Waals surface area contributed by atoms with Gasteiger partial charge in [-0.25, -0.2) is 8.42 Å². The second-order valence-electron chi connectivity index (χ2n) is 3.97. The van der Waals surface area contributed by atoms with Gasteiger partial charge in [-0.05, 0) is 24.1 Å². The molecule has 1 aromatic carbocycles. The van der Waals surface area contributed by atoms with Crippen LogP contribution in [0.2, 0.25) is 0 Å². The van der Waals surface area contributed by atoms with Crippen LogP contribution in [0.4, 0.5) is 0 Å². The average Bonchev–Trinajstić information content (AvgIpc) is 3.07. The third kappa shape index (κ3) is 2.50. The summed E-state index contributed by atoms with van der Waals surface area (Å²) in [7, 11) is 4.96. The lowest BCUT2D eigenvalue weighted by molar-refractivity contribution is 0.354. The number of ether oxygens (including phenoxy) is 2. The predicted molar refractivity (Wildman–Crippen MR) is 65.5 cm³/mol. The molecule has 0 aromatic heterocycles. The summed E-state index contributed by atoms with van der Waals surface area (Å²) in [5.74, 6) is 1.20. The third-order valence-electron chi connectivity index (χ3n) is 2.93. The van der Waals surface area contributed by atoms with Gasteiger partial charge < -0.3 is 9.47 Å². The summed E-state index contributed by atoms with van der Waals surface area (Å²) >= 11 is 0. The van der Waals surface area contributed by atoms with Gasteiger partial charge in [-0.1, -0.05) is 6.07 Å². The largest absolute Gasteiger partial charge is 0.493 e. The summed E-state index contributed by atoms with van der Waals surface area (Å²) in [6.45, 7) is 0. The maximum atomic E-state index is 11.2. The van der Waals surface area contributed by atoms with Crippen LogP contribution in [0.3, 0.4) is 0 Å². The fourth-order valence-electron chi connectivity index (χ4n) is 1.92. The van der Waals surface area contributed by atoms with E-state index in [4.69, 9.17) is 20.2 Å². The zero-order valence-electron chi connectivity index (χ0n) is 9.51. The number of benzene rings is 1. The molecule has 0 radical (unpaired) electrons. The molecule has 17 heavy (non-hydrogen) atoms. The fraction of sp³-hybridized carbons (Fsp3) is 0.455. The zero-order valence-corrected chi connectivity index (χ0v) is 11.1. The maximum absolute atomic E-state index is 11.2. The molecule has 0 saturated heterocycles. The molecule has 4 nitrogen and oxygen atoms in total. The second-order valence-corrected chi connectivity index (χ2v) is 6.82. The highest BCUT2D eigenvalue weighted by atomic mass is 35.7. The molecular weight excluding hydrogens is 264 g/mol. The van der Waals surface area contributed by atoms with Crippen molar-refractivity contribution in [3.63, 3.8) is 0 Å². The van der Waals surface area contributed by atoms with Crippen molar-refractivity contribution in [2.75, 3.05) is 14.2 Å². The summed E-state index contributed by atoms with van der Waals surface area (Å²) in [5, 5.41) is -0.470. The molecule has 0 heterocycles. The molecule has 0 spiro atoms. The van der Waals surface area contributed by atoms with Gasteiger partial charge in [-0.2, -0.15) is 0 Å². The maximum Gasteiger partial charge on any atom is 0.236 e. The van der Waals surface area contributed by atoms with Crippen LogP contribution in [-0.2, 0) is 9.05 Å². The van der Waals surface area contributed by atoms with Crippen molar-refractivity contribution in [2.45, 2.75) is 17.6 Å². The quantitative estimate of drug-likeness (QED) is 0.791. The Morgan fingerprint density at radius 3 is 2.35 bits per heavy atom. The van der Waals surface area contributed by atoms with E-state index in [1.54, 1.807) is 26.4 Å². The van der Waals surface area contributed by atoms with E-state index in [0.29, 0.717) is 17.9 Å². The van der Waals surface area contributed by atoms with Gasteiger partial charge in [0, 0.05) is 16.6 Å². The lowest BCUT2D eigenvalue weighted by Gasteiger charge is -2.09. The van der Waals surface area contributed by atoms with Crippen LogP contribution in [0.5, 0.6) is 11.5 Å². The van der Waals surface area contributed by atoms with Crippen LogP contribution in [0, 0.1) is 0 Å². The molecule has 1 saturated carbocycles. The van der Waals surface area contributed by atoms with Crippen LogP contribution in [0.25, 0.3) is 0 Å². The molecule has 1 aromatic rings. The first kappa shape index (κ1) is 12.5. The predicted octanol–water partition coefficient (Wildman–Crippen LogP) is 2.13. The Kier molecular flexibility index (Phi) is 3.23. The van der Waals surface area contributed by atoms with E-state index in [1.165, 1.54) is 0 Å². The number of methoxy groups -OCH3 is 2. The van der Waals surface area contributed by atoms with Crippen molar-refractivity contribution in [3.8, 4) is 11.5 Å². The first-order valence-electron chi connectivity index (χ1n) is 5.12. The molecule has 1 aliphatic rings. The molecule has 0 N–H and O–H groups in total. The van der Waals surface area contributed by atoms with E-state index in [0.717, 1.165) is 5.56 Å². The summed E-state index contributed by atoms with van der Waals surface area (Å²) < 4.78 is 32.6. The number of hydrogen-bond acceptors (Lipinski definition) is 4. The van der Waals surface area contributed by atoms with E-state index in [1.807, 2.05) is 6.07 Å². The Morgan fingerprint density at radius 2 is 1.88 bits per heavy atom. The second kappa shape index (κ2) is 4.38. The molecule has 2 atom stereocenters. The van der Waals surface area contributed by atoms with Gasteiger partial charge in [0.05, 0.1) is 19.5 Å². The van der Waals surface area contributed by atoms with Gasteiger partial charge in [0.25, 0.3) is 0 Å². The topological polar surface area (TPSA) is 52.6 Å². The monoisotopic (exact) mass is 276 g/mol. The fourth-order valence-corrected chi connectivity index (χ4v) is 3.49. The van der Waals surface area contributed by atoms with Gasteiger partial charge in [-0.15, -0.1) is 0 Å². The van der Waals surface area contributed by atoms with E-state index in [9.17, 15) is 8.42 Å². The smallest absolute Gasteiger partial charge is 0.236 e. The van der Waals surface area contributed by atoms with Crippen LogP contribution >= 0.6 is 10.7 Å². The highest BCUT2D eigenvalue weighted by Gasteiger charge is 2.47. The molecule has 0 aliphatic heterocycles. The van der Waals surface area contributed by atoms with Gasteiger partial charge in [0.15, 0.2) is 11.5 Å². The number of rotatable bonds is 4. The standard InChI is InChI=1S/C11H13ClO4S/c1-15-9-4-3-7(5-10(9)16-2)8-6-11(8)17(12,13)14/h3-5,8,11H,6H2,1-2H3. The van der Waals surface area contributed by atoms with Crippen LogP contribution in [0.15, 0.2) is 18.2 Å². The highest BCUT2D eigenvalue weighted by molar-refractivity contribution is 8.14. The molecular formula is C11H13ClO4S. The van der Waals surface area contributed by atoms with Crippen molar-refractivity contribution in [1.82, 2.24) is 0 Å². The van der Waals surface area contributed by atoms with Crippen molar-refractivity contribution in [1.29, 1.82) is 0 Å². The van der Waals surface area contributed by atoms with Crippen molar-refractivity contribution < 1.29 is 17.9 Å². The van der Waals surface area contributed by atoms with Gasteiger partial charge in [0.2, 0.25) is 9.05 Å². The average molecular weight is 277 g/mol.